The van der Waals surface area contributed by atoms with Crippen LogP contribution in [0.25, 0.3) is 0 Å². The maximum Gasteiger partial charge on any atom is 0.119 e. The first-order valence-electron chi connectivity index (χ1n) is 6.07. The number of aryl methyl sites for hydroxylation is 2. The van der Waals surface area contributed by atoms with Gasteiger partial charge in [0.15, 0.2) is 0 Å². The van der Waals surface area contributed by atoms with Crippen LogP contribution in [0, 0.1) is 13.8 Å². The summed E-state index contributed by atoms with van der Waals surface area (Å²) < 4.78 is 11.4. The van der Waals surface area contributed by atoms with Crippen molar-refractivity contribution in [3.63, 3.8) is 0 Å². The second kappa shape index (κ2) is 5.35. The lowest BCUT2D eigenvalue weighted by atomic mass is 10.1. The average molecular weight is 220 g/mol. The van der Waals surface area contributed by atoms with Gasteiger partial charge in [-0.3, -0.25) is 0 Å². The largest absolute Gasteiger partial charge is 0.491 e. The molecule has 0 radical (unpaired) electrons. The van der Waals surface area contributed by atoms with Crippen LogP contribution in [0.4, 0.5) is 0 Å². The smallest absolute Gasteiger partial charge is 0.119 e. The fourth-order valence-electron chi connectivity index (χ4n) is 2.14. The predicted molar refractivity (Wildman–Crippen MR) is 65.0 cm³/mol. The molecule has 0 aromatic heterocycles. The van der Waals surface area contributed by atoms with E-state index in [1.807, 2.05) is 0 Å². The van der Waals surface area contributed by atoms with Gasteiger partial charge in [-0.2, -0.15) is 0 Å². The summed E-state index contributed by atoms with van der Waals surface area (Å²) in [7, 11) is 0. The van der Waals surface area contributed by atoms with Crippen molar-refractivity contribution in [2.24, 2.45) is 0 Å². The van der Waals surface area contributed by atoms with E-state index in [4.69, 9.17) is 9.47 Å². The van der Waals surface area contributed by atoms with Crippen molar-refractivity contribution in [1.82, 2.24) is 0 Å². The summed E-state index contributed by atoms with van der Waals surface area (Å²) in [5, 5.41) is 0. The van der Waals surface area contributed by atoms with Crippen LogP contribution in [-0.4, -0.2) is 19.3 Å². The topological polar surface area (TPSA) is 18.5 Å². The van der Waals surface area contributed by atoms with Crippen LogP contribution in [-0.2, 0) is 4.74 Å². The molecular weight excluding hydrogens is 200 g/mol. The van der Waals surface area contributed by atoms with Crippen LogP contribution in [0.5, 0.6) is 5.75 Å². The minimum atomic E-state index is 0.287. The van der Waals surface area contributed by atoms with Crippen molar-refractivity contribution in [2.75, 3.05) is 13.2 Å². The first kappa shape index (κ1) is 11.5. The Kier molecular flexibility index (Phi) is 3.83. The van der Waals surface area contributed by atoms with Gasteiger partial charge in [-0.05, 0) is 56.4 Å². The van der Waals surface area contributed by atoms with E-state index in [1.165, 1.54) is 24.0 Å². The van der Waals surface area contributed by atoms with E-state index in [-0.39, 0.29) is 6.10 Å². The predicted octanol–water partition coefficient (Wildman–Crippen LogP) is 3.25. The molecule has 88 valence electrons. The van der Waals surface area contributed by atoms with E-state index < -0.39 is 0 Å². The lowest BCUT2D eigenvalue weighted by Crippen LogP contribution is -2.25. The molecule has 1 heterocycles. The fraction of sp³-hybridized carbons (Fsp3) is 0.571. The van der Waals surface area contributed by atoms with Crippen LogP contribution < -0.4 is 4.74 Å². The van der Waals surface area contributed by atoms with Gasteiger partial charge >= 0.3 is 0 Å². The van der Waals surface area contributed by atoms with E-state index in [2.05, 4.69) is 32.0 Å². The van der Waals surface area contributed by atoms with Gasteiger partial charge in [0.25, 0.3) is 0 Å². The quantitative estimate of drug-likeness (QED) is 0.778. The Hall–Kier alpha value is -1.02. The van der Waals surface area contributed by atoms with Gasteiger partial charge in [-0.15, -0.1) is 0 Å². The van der Waals surface area contributed by atoms with Crippen LogP contribution >= 0.6 is 0 Å². The Balaban J connectivity index is 1.88. The number of rotatable bonds is 3. The van der Waals surface area contributed by atoms with Gasteiger partial charge in [0.1, 0.15) is 12.4 Å². The molecule has 0 spiro atoms. The molecule has 0 bridgehead atoms. The van der Waals surface area contributed by atoms with Crippen LogP contribution in [0.3, 0.4) is 0 Å². The second-order valence-corrected chi connectivity index (χ2v) is 4.62. The molecule has 2 nitrogen and oxygen atoms in total. The van der Waals surface area contributed by atoms with Gasteiger partial charge in [0.2, 0.25) is 0 Å². The van der Waals surface area contributed by atoms with Gasteiger partial charge in [-0.1, -0.05) is 6.07 Å². The minimum Gasteiger partial charge on any atom is -0.491 e. The molecule has 0 aliphatic carbocycles. The Morgan fingerprint density at radius 2 is 1.94 bits per heavy atom. The van der Waals surface area contributed by atoms with Gasteiger partial charge in [0.05, 0.1) is 6.10 Å². The molecule has 1 aromatic carbocycles. The highest BCUT2D eigenvalue weighted by molar-refractivity contribution is 5.32. The average Bonchev–Trinajstić information content (AvgIpc) is 2.27. The number of ether oxygens (including phenoxy) is 2. The highest BCUT2D eigenvalue weighted by Gasteiger charge is 2.14. The fourth-order valence-corrected chi connectivity index (χ4v) is 2.14. The molecular formula is C14H20O2. The summed E-state index contributed by atoms with van der Waals surface area (Å²) in [5.74, 6) is 0.965. The summed E-state index contributed by atoms with van der Waals surface area (Å²) in [6.45, 7) is 5.76. The Bertz CT molecular complexity index is 320. The summed E-state index contributed by atoms with van der Waals surface area (Å²) in [4.78, 5) is 0. The molecule has 1 aromatic rings. The van der Waals surface area contributed by atoms with Crippen molar-refractivity contribution in [1.29, 1.82) is 0 Å². The molecule has 0 saturated carbocycles. The van der Waals surface area contributed by atoms with E-state index in [0.29, 0.717) is 6.61 Å². The molecule has 1 aliphatic heterocycles. The molecule has 1 unspecified atom stereocenters. The lowest BCUT2D eigenvalue weighted by Gasteiger charge is -2.22. The molecule has 1 aliphatic rings. The van der Waals surface area contributed by atoms with Crippen molar-refractivity contribution < 1.29 is 9.47 Å². The Labute approximate surface area is 97.6 Å². The van der Waals surface area contributed by atoms with Crippen molar-refractivity contribution in [2.45, 2.75) is 39.2 Å². The third-order valence-corrected chi connectivity index (χ3v) is 2.91. The van der Waals surface area contributed by atoms with E-state index in [1.54, 1.807) is 0 Å². The maximum absolute atomic E-state index is 5.78. The van der Waals surface area contributed by atoms with E-state index in [0.717, 1.165) is 18.8 Å². The minimum absolute atomic E-state index is 0.287. The molecule has 1 fully saturated rings. The summed E-state index contributed by atoms with van der Waals surface area (Å²) in [5.41, 5.74) is 2.50. The highest BCUT2D eigenvalue weighted by Crippen LogP contribution is 2.18. The molecule has 16 heavy (non-hydrogen) atoms. The Morgan fingerprint density at radius 1 is 1.19 bits per heavy atom. The first-order valence-corrected chi connectivity index (χ1v) is 6.07. The van der Waals surface area contributed by atoms with Gasteiger partial charge < -0.3 is 9.47 Å². The molecule has 2 rings (SSSR count). The zero-order valence-electron chi connectivity index (χ0n) is 10.2. The second-order valence-electron chi connectivity index (χ2n) is 4.62. The normalized spacial score (nSPS) is 20.8. The zero-order valence-corrected chi connectivity index (χ0v) is 10.2. The monoisotopic (exact) mass is 220 g/mol. The number of benzene rings is 1. The molecule has 1 saturated heterocycles. The summed E-state index contributed by atoms with van der Waals surface area (Å²) in [6.07, 6.45) is 3.88. The zero-order chi connectivity index (χ0) is 11.4. The van der Waals surface area contributed by atoms with Crippen LogP contribution in [0.2, 0.25) is 0 Å². The molecule has 0 N–H and O–H groups in total. The van der Waals surface area contributed by atoms with Crippen LogP contribution in [0.1, 0.15) is 30.4 Å². The standard InChI is InChI=1S/C14H20O2/c1-11-7-12(2)9-14(8-11)16-10-13-5-3-4-6-15-13/h7-9,13H,3-6,10H2,1-2H3. The van der Waals surface area contributed by atoms with Crippen molar-refractivity contribution in [3.05, 3.63) is 29.3 Å². The van der Waals surface area contributed by atoms with Crippen LogP contribution in [0.15, 0.2) is 18.2 Å². The van der Waals surface area contributed by atoms with E-state index >= 15 is 0 Å². The number of hydrogen-bond donors (Lipinski definition) is 0. The maximum atomic E-state index is 5.78. The first-order chi connectivity index (χ1) is 7.74. The third kappa shape index (κ3) is 3.24. The highest BCUT2D eigenvalue weighted by atomic mass is 16.5. The SMILES string of the molecule is Cc1cc(C)cc(OCC2CCCCO2)c1. The van der Waals surface area contributed by atoms with E-state index in [9.17, 15) is 0 Å². The molecule has 0 amide bonds. The summed E-state index contributed by atoms with van der Waals surface area (Å²) in [6, 6.07) is 6.32. The Morgan fingerprint density at radius 3 is 2.56 bits per heavy atom. The van der Waals surface area contributed by atoms with Crippen molar-refractivity contribution >= 4 is 0 Å². The molecule has 1 atom stereocenters. The summed E-state index contributed by atoms with van der Waals surface area (Å²) >= 11 is 0. The third-order valence-electron chi connectivity index (χ3n) is 2.91. The lowest BCUT2D eigenvalue weighted by molar-refractivity contribution is -0.0110. The van der Waals surface area contributed by atoms with Gasteiger partial charge in [0, 0.05) is 6.61 Å². The van der Waals surface area contributed by atoms with Crippen molar-refractivity contribution in [3.8, 4) is 5.75 Å². The van der Waals surface area contributed by atoms with Gasteiger partial charge in [-0.25, -0.2) is 0 Å². The number of hydrogen-bond acceptors (Lipinski definition) is 2. The molecule has 2 heteroatoms.